The molecular weight excluding hydrogens is 354 g/mol. The van der Waals surface area contributed by atoms with E-state index in [0.717, 1.165) is 11.1 Å². The number of hydrogen-bond acceptors (Lipinski definition) is 4. The Kier molecular flexibility index (Phi) is 6.41. The van der Waals surface area contributed by atoms with Crippen LogP contribution in [-0.4, -0.2) is 25.6 Å². The van der Waals surface area contributed by atoms with Crippen molar-refractivity contribution in [3.63, 3.8) is 0 Å². The van der Waals surface area contributed by atoms with Crippen molar-refractivity contribution in [1.29, 1.82) is 0 Å². The second-order valence-corrected chi connectivity index (χ2v) is 6.14. The van der Waals surface area contributed by atoms with Crippen LogP contribution in [0.15, 0.2) is 78.9 Å². The molecule has 0 saturated carbocycles. The lowest BCUT2D eigenvalue weighted by molar-refractivity contribution is -0.119. The lowest BCUT2D eigenvalue weighted by Gasteiger charge is -2.12. The van der Waals surface area contributed by atoms with Crippen molar-refractivity contribution >= 4 is 17.6 Å². The first-order chi connectivity index (χ1) is 13.7. The molecule has 3 aromatic rings. The smallest absolute Gasteiger partial charge is 0.342 e. The van der Waals surface area contributed by atoms with Crippen molar-refractivity contribution in [2.75, 3.05) is 19.0 Å². The van der Waals surface area contributed by atoms with E-state index in [9.17, 15) is 9.59 Å². The Bertz CT molecular complexity index is 954. The SMILES string of the molecule is COc1ccccc1C(=O)OCC(=O)Nc1ccccc1Cc1ccccc1. The number of nitrogens with one attached hydrogen (secondary N) is 1. The monoisotopic (exact) mass is 375 g/mol. The third kappa shape index (κ3) is 4.98. The van der Waals surface area contributed by atoms with Gasteiger partial charge >= 0.3 is 5.97 Å². The molecule has 0 unspecified atom stereocenters. The Labute approximate surface area is 163 Å². The number of benzene rings is 3. The van der Waals surface area contributed by atoms with Crippen LogP contribution in [0.4, 0.5) is 5.69 Å². The molecule has 5 heteroatoms. The minimum Gasteiger partial charge on any atom is -0.496 e. The highest BCUT2D eigenvalue weighted by atomic mass is 16.5. The molecule has 142 valence electrons. The standard InChI is InChI=1S/C23H21NO4/c1-27-21-14-8-6-12-19(21)23(26)28-16-22(25)24-20-13-7-5-11-18(20)15-17-9-3-2-4-10-17/h2-14H,15-16H2,1H3,(H,24,25). The second-order valence-electron chi connectivity index (χ2n) is 6.14. The van der Waals surface area contributed by atoms with E-state index in [-0.39, 0.29) is 12.2 Å². The Morgan fingerprint density at radius 3 is 2.32 bits per heavy atom. The van der Waals surface area contributed by atoms with E-state index in [1.807, 2.05) is 54.6 Å². The van der Waals surface area contributed by atoms with Gasteiger partial charge in [0.2, 0.25) is 0 Å². The van der Waals surface area contributed by atoms with Crippen LogP contribution in [0.5, 0.6) is 5.75 Å². The summed E-state index contributed by atoms with van der Waals surface area (Å²) in [4.78, 5) is 24.5. The van der Waals surface area contributed by atoms with Gasteiger partial charge in [-0.05, 0) is 35.7 Å². The summed E-state index contributed by atoms with van der Waals surface area (Å²) in [5, 5.41) is 2.82. The highest BCUT2D eigenvalue weighted by Crippen LogP contribution is 2.20. The van der Waals surface area contributed by atoms with Crippen molar-refractivity contribution in [2.24, 2.45) is 0 Å². The lowest BCUT2D eigenvalue weighted by atomic mass is 10.0. The van der Waals surface area contributed by atoms with Crippen LogP contribution in [0.2, 0.25) is 0 Å². The van der Waals surface area contributed by atoms with Crippen LogP contribution >= 0.6 is 0 Å². The molecule has 0 bridgehead atoms. The van der Waals surface area contributed by atoms with Crippen molar-refractivity contribution < 1.29 is 19.1 Å². The number of rotatable bonds is 7. The van der Waals surface area contributed by atoms with Gasteiger partial charge in [0.25, 0.3) is 5.91 Å². The topological polar surface area (TPSA) is 64.6 Å². The van der Waals surface area contributed by atoms with E-state index in [1.54, 1.807) is 24.3 Å². The maximum absolute atomic E-state index is 12.3. The molecule has 0 aliphatic rings. The van der Waals surface area contributed by atoms with Gasteiger partial charge in [0.15, 0.2) is 6.61 Å². The van der Waals surface area contributed by atoms with E-state index in [2.05, 4.69) is 5.32 Å². The summed E-state index contributed by atoms with van der Waals surface area (Å²) < 4.78 is 10.3. The first-order valence-corrected chi connectivity index (χ1v) is 8.89. The van der Waals surface area contributed by atoms with Crippen molar-refractivity contribution in [1.82, 2.24) is 0 Å². The number of anilines is 1. The van der Waals surface area contributed by atoms with Crippen molar-refractivity contribution in [3.05, 3.63) is 95.6 Å². The predicted octanol–water partition coefficient (Wildman–Crippen LogP) is 4.08. The minimum absolute atomic E-state index is 0.280. The number of amides is 1. The molecule has 0 fully saturated rings. The van der Waals surface area contributed by atoms with Gasteiger partial charge in [0.05, 0.1) is 7.11 Å². The van der Waals surface area contributed by atoms with Gasteiger partial charge in [-0.3, -0.25) is 4.79 Å². The molecule has 1 N–H and O–H groups in total. The van der Waals surface area contributed by atoms with E-state index in [4.69, 9.17) is 9.47 Å². The molecular formula is C23H21NO4. The lowest BCUT2D eigenvalue weighted by Crippen LogP contribution is -2.21. The van der Waals surface area contributed by atoms with E-state index in [1.165, 1.54) is 7.11 Å². The maximum atomic E-state index is 12.3. The molecule has 0 radical (unpaired) electrons. The molecule has 0 spiro atoms. The Morgan fingerprint density at radius 1 is 0.857 bits per heavy atom. The van der Waals surface area contributed by atoms with Gasteiger partial charge in [-0.2, -0.15) is 0 Å². The average Bonchev–Trinajstić information content (AvgIpc) is 2.74. The highest BCUT2D eigenvalue weighted by molar-refractivity contribution is 5.97. The van der Waals surface area contributed by atoms with Crippen LogP contribution in [0, 0.1) is 0 Å². The first kappa shape index (κ1) is 19.2. The van der Waals surface area contributed by atoms with Crippen LogP contribution in [0.25, 0.3) is 0 Å². The van der Waals surface area contributed by atoms with Gasteiger partial charge < -0.3 is 14.8 Å². The number of methoxy groups -OCH3 is 1. The number of hydrogen-bond donors (Lipinski definition) is 1. The number of carbonyl (C=O) groups excluding carboxylic acids is 2. The van der Waals surface area contributed by atoms with Gasteiger partial charge in [-0.1, -0.05) is 60.7 Å². The summed E-state index contributed by atoms with van der Waals surface area (Å²) >= 11 is 0. The predicted molar refractivity (Wildman–Crippen MR) is 108 cm³/mol. The molecule has 0 aromatic heterocycles. The Morgan fingerprint density at radius 2 is 1.54 bits per heavy atom. The Balaban J connectivity index is 1.62. The van der Waals surface area contributed by atoms with Gasteiger partial charge in [-0.15, -0.1) is 0 Å². The second kappa shape index (κ2) is 9.37. The fraction of sp³-hybridized carbons (Fsp3) is 0.130. The number of ether oxygens (including phenoxy) is 2. The molecule has 3 rings (SSSR count). The molecule has 0 heterocycles. The molecule has 5 nitrogen and oxygen atoms in total. The fourth-order valence-electron chi connectivity index (χ4n) is 2.82. The summed E-state index contributed by atoms with van der Waals surface area (Å²) in [5.74, 6) is -0.602. The summed E-state index contributed by atoms with van der Waals surface area (Å²) in [7, 11) is 1.47. The third-order valence-corrected chi connectivity index (χ3v) is 4.19. The van der Waals surface area contributed by atoms with Crippen LogP contribution in [-0.2, 0) is 16.0 Å². The largest absolute Gasteiger partial charge is 0.496 e. The van der Waals surface area contributed by atoms with Crippen molar-refractivity contribution in [2.45, 2.75) is 6.42 Å². The van der Waals surface area contributed by atoms with Crippen LogP contribution < -0.4 is 10.1 Å². The molecule has 3 aromatic carbocycles. The van der Waals surface area contributed by atoms with Gasteiger partial charge in [-0.25, -0.2) is 4.79 Å². The molecule has 28 heavy (non-hydrogen) atoms. The van der Waals surface area contributed by atoms with E-state index in [0.29, 0.717) is 17.9 Å². The summed E-state index contributed by atoms with van der Waals surface area (Å²) in [5.41, 5.74) is 3.11. The maximum Gasteiger partial charge on any atom is 0.342 e. The molecule has 0 saturated heterocycles. The van der Waals surface area contributed by atoms with Crippen LogP contribution in [0.1, 0.15) is 21.5 Å². The highest BCUT2D eigenvalue weighted by Gasteiger charge is 2.15. The fourth-order valence-corrected chi connectivity index (χ4v) is 2.82. The normalized spacial score (nSPS) is 10.2. The number of carbonyl (C=O) groups is 2. The summed E-state index contributed by atoms with van der Waals surface area (Å²) in [6.45, 7) is -0.378. The zero-order valence-electron chi connectivity index (χ0n) is 15.6. The summed E-state index contributed by atoms with van der Waals surface area (Å²) in [6.07, 6.45) is 0.693. The molecule has 0 aliphatic carbocycles. The molecule has 0 aliphatic heterocycles. The first-order valence-electron chi connectivity index (χ1n) is 8.89. The molecule has 1 amide bonds. The quantitative estimate of drug-likeness (QED) is 0.632. The van der Waals surface area contributed by atoms with E-state index < -0.39 is 11.9 Å². The van der Waals surface area contributed by atoms with E-state index >= 15 is 0 Å². The zero-order valence-corrected chi connectivity index (χ0v) is 15.6. The average molecular weight is 375 g/mol. The van der Waals surface area contributed by atoms with Crippen LogP contribution in [0.3, 0.4) is 0 Å². The molecule has 0 atom stereocenters. The van der Waals surface area contributed by atoms with Gasteiger partial charge in [0, 0.05) is 5.69 Å². The number of esters is 1. The number of para-hydroxylation sites is 2. The Hall–Kier alpha value is -3.60. The third-order valence-electron chi connectivity index (χ3n) is 4.19. The van der Waals surface area contributed by atoms with Crippen molar-refractivity contribution in [3.8, 4) is 5.75 Å². The van der Waals surface area contributed by atoms with Gasteiger partial charge in [0.1, 0.15) is 11.3 Å². The summed E-state index contributed by atoms with van der Waals surface area (Å²) in [6, 6.07) is 24.3. The zero-order chi connectivity index (χ0) is 19.8. The minimum atomic E-state index is -0.606.